The summed E-state index contributed by atoms with van der Waals surface area (Å²) in [5.41, 5.74) is 6.96. The summed E-state index contributed by atoms with van der Waals surface area (Å²) in [4.78, 5) is 4.51. The molecular weight excluding hydrogens is 373 g/mol. The van der Waals surface area contributed by atoms with Crippen LogP contribution < -0.4 is 5.43 Å². The minimum Gasteiger partial charge on any atom is -0.253 e. The van der Waals surface area contributed by atoms with Gasteiger partial charge in [-0.1, -0.05) is 61.3 Å². The lowest BCUT2D eigenvalue weighted by Crippen LogP contribution is -1.92. The van der Waals surface area contributed by atoms with Crippen LogP contribution in [-0.2, 0) is 0 Å². The molecule has 128 valence electrons. The maximum atomic E-state index is 6.22. The Morgan fingerprint density at radius 2 is 1.88 bits per heavy atom. The van der Waals surface area contributed by atoms with Crippen LogP contribution in [0.2, 0.25) is 10.0 Å². The Labute approximate surface area is 161 Å². The normalized spacial score (nSPS) is 11.4. The first kappa shape index (κ1) is 17.9. The number of hydrazone groups is 1. The van der Waals surface area contributed by atoms with Gasteiger partial charge in [-0.2, -0.15) is 5.10 Å². The molecule has 0 spiro atoms. The Bertz CT molecular complexity index is 886. The van der Waals surface area contributed by atoms with Gasteiger partial charge >= 0.3 is 0 Å². The molecule has 0 atom stereocenters. The number of benzene rings is 2. The van der Waals surface area contributed by atoms with E-state index in [2.05, 4.69) is 53.6 Å². The molecule has 0 saturated carbocycles. The molecule has 3 aromatic rings. The van der Waals surface area contributed by atoms with Crippen molar-refractivity contribution in [1.82, 2.24) is 4.98 Å². The summed E-state index contributed by atoms with van der Waals surface area (Å²) in [6, 6.07) is 13.7. The van der Waals surface area contributed by atoms with Gasteiger partial charge in [-0.05, 0) is 35.2 Å². The molecule has 3 rings (SSSR count). The van der Waals surface area contributed by atoms with Crippen LogP contribution in [0.5, 0.6) is 0 Å². The molecule has 0 aliphatic rings. The molecule has 0 saturated heterocycles. The number of anilines is 1. The minimum atomic E-state index is 0.526. The topological polar surface area (TPSA) is 37.3 Å². The Balaban J connectivity index is 1.67. The van der Waals surface area contributed by atoms with Crippen LogP contribution in [0.4, 0.5) is 5.13 Å². The summed E-state index contributed by atoms with van der Waals surface area (Å²) < 4.78 is 0. The van der Waals surface area contributed by atoms with E-state index in [4.69, 9.17) is 23.2 Å². The number of hydrogen-bond acceptors (Lipinski definition) is 4. The van der Waals surface area contributed by atoms with Crippen molar-refractivity contribution >= 4 is 45.9 Å². The van der Waals surface area contributed by atoms with Crippen LogP contribution in [-0.4, -0.2) is 11.2 Å². The fourth-order valence-electron chi connectivity index (χ4n) is 2.28. The van der Waals surface area contributed by atoms with E-state index >= 15 is 0 Å². The van der Waals surface area contributed by atoms with E-state index in [-0.39, 0.29) is 0 Å². The first-order valence-electron chi connectivity index (χ1n) is 7.83. The minimum absolute atomic E-state index is 0.526. The Morgan fingerprint density at radius 1 is 1.12 bits per heavy atom. The molecule has 0 unspecified atom stereocenters. The van der Waals surface area contributed by atoms with Gasteiger partial charge in [-0.15, -0.1) is 11.3 Å². The molecule has 1 N–H and O–H groups in total. The highest BCUT2D eigenvalue weighted by atomic mass is 35.5. The van der Waals surface area contributed by atoms with Gasteiger partial charge in [0.15, 0.2) is 0 Å². The van der Waals surface area contributed by atoms with Crippen molar-refractivity contribution in [3.05, 3.63) is 69.0 Å². The summed E-state index contributed by atoms with van der Waals surface area (Å²) in [6.45, 7) is 4.36. The highest BCUT2D eigenvalue weighted by Crippen LogP contribution is 2.32. The fourth-order valence-corrected chi connectivity index (χ4v) is 3.44. The van der Waals surface area contributed by atoms with E-state index < -0.39 is 0 Å². The summed E-state index contributed by atoms with van der Waals surface area (Å²) in [7, 11) is 0. The van der Waals surface area contributed by atoms with Gasteiger partial charge in [-0.3, -0.25) is 5.43 Å². The second-order valence-corrected chi connectivity index (χ2v) is 7.56. The van der Waals surface area contributed by atoms with E-state index in [1.54, 1.807) is 18.3 Å². The van der Waals surface area contributed by atoms with E-state index in [1.165, 1.54) is 16.9 Å². The fraction of sp³-hybridized carbons (Fsp3) is 0.158. The molecule has 0 bridgehead atoms. The van der Waals surface area contributed by atoms with Gasteiger partial charge < -0.3 is 0 Å². The highest BCUT2D eigenvalue weighted by Gasteiger charge is 2.08. The number of thiazole rings is 1. The molecule has 0 radical (unpaired) electrons. The third-order valence-corrected chi connectivity index (χ3v) is 4.98. The van der Waals surface area contributed by atoms with Gasteiger partial charge in [-0.25, -0.2) is 4.98 Å². The van der Waals surface area contributed by atoms with Crippen LogP contribution in [0.15, 0.2) is 52.9 Å². The molecule has 0 fully saturated rings. The largest absolute Gasteiger partial charge is 0.253 e. The third-order valence-electron chi connectivity index (χ3n) is 3.69. The quantitative estimate of drug-likeness (QED) is 0.389. The molecule has 0 amide bonds. The van der Waals surface area contributed by atoms with Crippen molar-refractivity contribution in [3.63, 3.8) is 0 Å². The van der Waals surface area contributed by atoms with Crippen molar-refractivity contribution in [3.8, 4) is 11.3 Å². The van der Waals surface area contributed by atoms with Gasteiger partial charge in [0.25, 0.3) is 0 Å². The van der Waals surface area contributed by atoms with Crippen molar-refractivity contribution < 1.29 is 0 Å². The Morgan fingerprint density at radius 3 is 2.56 bits per heavy atom. The predicted octanol–water partition coefficient (Wildman–Crippen LogP) is 6.69. The summed E-state index contributed by atoms with van der Waals surface area (Å²) >= 11 is 13.6. The van der Waals surface area contributed by atoms with Gasteiger partial charge in [0.05, 0.1) is 16.9 Å². The molecule has 1 aromatic heterocycles. The average Bonchev–Trinajstić information content (AvgIpc) is 3.04. The highest BCUT2D eigenvalue weighted by molar-refractivity contribution is 7.14. The standard InChI is InChI=1S/C19H17Cl2N3S/c1-12(2)14-5-3-13(4-6-14)10-22-24-19-23-18(11-25-19)16-8-7-15(20)9-17(16)21/h3-12H,1-2H3,(H,23,24)/b22-10-. The molecule has 6 heteroatoms. The molecule has 3 nitrogen and oxygen atoms in total. The number of aromatic nitrogens is 1. The van der Waals surface area contributed by atoms with Crippen molar-refractivity contribution in [1.29, 1.82) is 0 Å². The molecule has 1 heterocycles. The van der Waals surface area contributed by atoms with Gasteiger partial charge in [0, 0.05) is 16.0 Å². The lowest BCUT2D eigenvalue weighted by molar-refractivity contribution is 0.866. The van der Waals surface area contributed by atoms with Crippen LogP contribution in [0, 0.1) is 0 Å². The smallest absolute Gasteiger partial charge is 0.203 e. The zero-order valence-corrected chi connectivity index (χ0v) is 16.2. The van der Waals surface area contributed by atoms with Crippen LogP contribution >= 0.6 is 34.5 Å². The van der Waals surface area contributed by atoms with Crippen LogP contribution in [0.25, 0.3) is 11.3 Å². The first-order valence-corrected chi connectivity index (χ1v) is 9.46. The Kier molecular flexibility index (Phi) is 5.74. The first-order chi connectivity index (χ1) is 12.0. The zero-order valence-electron chi connectivity index (χ0n) is 13.8. The average molecular weight is 390 g/mol. The van der Waals surface area contributed by atoms with Crippen LogP contribution in [0.1, 0.15) is 30.9 Å². The van der Waals surface area contributed by atoms with Gasteiger partial charge in [0.1, 0.15) is 0 Å². The lowest BCUT2D eigenvalue weighted by atomic mass is 10.0. The number of halogens is 2. The molecule has 2 aromatic carbocycles. The second-order valence-electron chi connectivity index (χ2n) is 5.85. The van der Waals surface area contributed by atoms with E-state index in [0.29, 0.717) is 21.1 Å². The van der Waals surface area contributed by atoms with Gasteiger partial charge in [0.2, 0.25) is 5.13 Å². The van der Waals surface area contributed by atoms with E-state index in [1.807, 2.05) is 11.4 Å². The molecule has 0 aliphatic carbocycles. The summed E-state index contributed by atoms with van der Waals surface area (Å²) in [6.07, 6.45) is 1.78. The van der Waals surface area contributed by atoms with Crippen molar-refractivity contribution in [2.24, 2.45) is 5.10 Å². The van der Waals surface area contributed by atoms with Crippen molar-refractivity contribution in [2.75, 3.05) is 5.43 Å². The summed E-state index contributed by atoms with van der Waals surface area (Å²) in [5.74, 6) is 0.526. The third kappa shape index (κ3) is 4.60. The molecular formula is C19H17Cl2N3S. The molecule has 25 heavy (non-hydrogen) atoms. The van der Waals surface area contributed by atoms with Crippen LogP contribution in [0.3, 0.4) is 0 Å². The Hall–Kier alpha value is -1.88. The monoisotopic (exact) mass is 389 g/mol. The SMILES string of the molecule is CC(C)c1ccc(/C=N\Nc2nc(-c3ccc(Cl)cc3Cl)cs2)cc1. The molecule has 0 aliphatic heterocycles. The zero-order chi connectivity index (χ0) is 17.8. The number of hydrogen-bond donors (Lipinski definition) is 1. The second kappa shape index (κ2) is 8.00. The number of nitrogens with zero attached hydrogens (tertiary/aromatic N) is 2. The van der Waals surface area contributed by atoms with E-state index in [9.17, 15) is 0 Å². The number of nitrogens with one attached hydrogen (secondary N) is 1. The maximum Gasteiger partial charge on any atom is 0.203 e. The summed E-state index contributed by atoms with van der Waals surface area (Å²) in [5, 5.41) is 8.08. The maximum absolute atomic E-state index is 6.22. The predicted molar refractivity (Wildman–Crippen MR) is 109 cm³/mol. The lowest BCUT2D eigenvalue weighted by Gasteiger charge is -2.04. The number of rotatable bonds is 5. The van der Waals surface area contributed by atoms with E-state index in [0.717, 1.165) is 16.8 Å². The van der Waals surface area contributed by atoms with Crippen molar-refractivity contribution in [2.45, 2.75) is 19.8 Å².